The molecule has 0 amide bonds. The van der Waals surface area contributed by atoms with Gasteiger partial charge in [0.05, 0.1) is 30.1 Å². The summed E-state index contributed by atoms with van der Waals surface area (Å²) in [5.41, 5.74) is 3.66. The van der Waals surface area contributed by atoms with Gasteiger partial charge in [0.2, 0.25) is 5.88 Å². The van der Waals surface area contributed by atoms with E-state index in [-0.39, 0.29) is 12.1 Å². The molecule has 1 unspecified atom stereocenters. The predicted molar refractivity (Wildman–Crippen MR) is 141 cm³/mol. The van der Waals surface area contributed by atoms with E-state index in [0.29, 0.717) is 17.7 Å². The van der Waals surface area contributed by atoms with Crippen molar-refractivity contribution in [2.75, 3.05) is 20.2 Å². The minimum absolute atomic E-state index is 0.206. The molecular formula is C30H30N4O2. The molecule has 4 aromatic rings. The summed E-state index contributed by atoms with van der Waals surface area (Å²) in [4.78, 5) is 16.5. The van der Waals surface area contributed by atoms with Gasteiger partial charge in [0.15, 0.2) is 0 Å². The number of fused-ring (bicyclic) bond motifs is 4. The van der Waals surface area contributed by atoms with Crippen molar-refractivity contribution in [3.8, 4) is 23.0 Å². The Labute approximate surface area is 211 Å². The number of hydrogen-bond donors (Lipinski definition) is 0. The van der Waals surface area contributed by atoms with E-state index in [1.54, 1.807) is 13.3 Å². The molecule has 182 valence electrons. The second-order valence-electron chi connectivity index (χ2n) is 9.64. The zero-order chi connectivity index (χ0) is 24.5. The summed E-state index contributed by atoms with van der Waals surface area (Å²) in [6.45, 7) is 6.20. The largest absolute Gasteiger partial charge is 0.497 e. The van der Waals surface area contributed by atoms with Gasteiger partial charge in [-0.2, -0.15) is 0 Å². The zero-order valence-corrected chi connectivity index (χ0v) is 20.5. The van der Waals surface area contributed by atoms with Crippen molar-refractivity contribution >= 4 is 10.9 Å². The Kier molecular flexibility index (Phi) is 6.11. The molecule has 1 aromatic carbocycles. The van der Waals surface area contributed by atoms with Crippen LogP contribution in [0.2, 0.25) is 0 Å². The number of rotatable bonds is 7. The Morgan fingerprint density at radius 3 is 2.72 bits per heavy atom. The summed E-state index contributed by atoms with van der Waals surface area (Å²) in [5, 5.41) is 1.05. The summed E-state index contributed by atoms with van der Waals surface area (Å²) in [6.07, 6.45) is 7.86. The van der Waals surface area contributed by atoms with Crippen LogP contribution in [0.5, 0.6) is 11.6 Å². The van der Waals surface area contributed by atoms with Gasteiger partial charge in [-0.05, 0) is 73.7 Å². The van der Waals surface area contributed by atoms with Gasteiger partial charge < -0.3 is 9.47 Å². The number of hydrogen-bond acceptors (Lipinski definition) is 6. The number of piperidine rings is 3. The second kappa shape index (κ2) is 9.70. The third kappa shape index (κ3) is 4.22. The summed E-state index contributed by atoms with van der Waals surface area (Å²) < 4.78 is 12.4. The molecular weight excluding hydrogens is 448 g/mol. The maximum Gasteiger partial charge on any atom is 0.214 e. The SMILES string of the molecule is C=C[C@H]1CN2CC[C@H]1C[C@@H]2[C@@H](Oc1cccc(-c2ccccn2)n1)c1ccnc2ccc(OC)cc12. The van der Waals surface area contributed by atoms with Crippen molar-refractivity contribution in [1.29, 1.82) is 0 Å². The first-order valence-electron chi connectivity index (χ1n) is 12.6. The van der Waals surface area contributed by atoms with E-state index < -0.39 is 0 Å². The van der Waals surface area contributed by atoms with Gasteiger partial charge in [-0.25, -0.2) is 4.98 Å². The molecule has 3 fully saturated rings. The standard InChI is InChI=1S/C30H30N4O2/c1-3-20-19-34-16-13-21(20)17-28(34)30(23-12-15-32-25-11-10-22(35-2)18-24(23)25)36-29-9-6-8-27(33-29)26-7-4-5-14-31-26/h3-12,14-15,18,20-21,28,30H,1,13,16-17,19H2,2H3/t20-,21-,28+,30-/m0/s1. The molecule has 2 bridgehead atoms. The molecule has 3 aliphatic rings. The number of aromatic nitrogens is 3. The Balaban J connectivity index is 1.43. The van der Waals surface area contributed by atoms with E-state index in [9.17, 15) is 0 Å². The third-order valence-corrected chi connectivity index (χ3v) is 7.69. The highest BCUT2D eigenvalue weighted by Crippen LogP contribution is 2.43. The minimum atomic E-state index is -0.206. The molecule has 6 heteroatoms. The Hall–Kier alpha value is -3.77. The van der Waals surface area contributed by atoms with Gasteiger partial charge in [-0.1, -0.05) is 18.2 Å². The van der Waals surface area contributed by atoms with E-state index in [2.05, 4.69) is 39.7 Å². The number of nitrogens with zero attached hydrogens (tertiary/aromatic N) is 4. The van der Waals surface area contributed by atoms with Gasteiger partial charge in [0.1, 0.15) is 11.9 Å². The van der Waals surface area contributed by atoms with Gasteiger partial charge in [-0.15, -0.1) is 6.58 Å². The van der Waals surface area contributed by atoms with Crippen molar-refractivity contribution < 1.29 is 9.47 Å². The maximum atomic E-state index is 6.83. The molecule has 0 saturated carbocycles. The van der Waals surface area contributed by atoms with Crippen molar-refractivity contribution in [2.24, 2.45) is 11.8 Å². The quantitative estimate of drug-likeness (QED) is 0.317. The van der Waals surface area contributed by atoms with E-state index >= 15 is 0 Å². The lowest BCUT2D eigenvalue weighted by Gasteiger charge is -2.51. The highest BCUT2D eigenvalue weighted by molar-refractivity contribution is 5.84. The third-order valence-electron chi connectivity index (χ3n) is 7.69. The fourth-order valence-electron chi connectivity index (χ4n) is 5.83. The van der Waals surface area contributed by atoms with E-state index in [0.717, 1.165) is 53.1 Å². The van der Waals surface area contributed by atoms with Crippen molar-refractivity contribution in [2.45, 2.75) is 25.0 Å². The van der Waals surface area contributed by atoms with Gasteiger partial charge in [0, 0.05) is 36.0 Å². The fraction of sp³-hybridized carbons (Fsp3) is 0.300. The van der Waals surface area contributed by atoms with Crippen LogP contribution in [0.1, 0.15) is 24.5 Å². The Bertz CT molecular complexity index is 1380. The first-order chi connectivity index (χ1) is 17.7. The molecule has 6 nitrogen and oxygen atoms in total. The smallest absolute Gasteiger partial charge is 0.214 e. The van der Waals surface area contributed by atoms with Crippen molar-refractivity contribution in [1.82, 2.24) is 19.9 Å². The van der Waals surface area contributed by atoms with Gasteiger partial charge >= 0.3 is 0 Å². The molecule has 36 heavy (non-hydrogen) atoms. The van der Waals surface area contributed by atoms with Gasteiger partial charge in [0.25, 0.3) is 0 Å². The normalized spacial score (nSPS) is 23.8. The van der Waals surface area contributed by atoms with Crippen LogP contribution in [0.4, 0.5) is 0 Å². The number of pyridine rings is 3. The van der Waals surface area contributed by atoms with E-state index in [1.807, 2.05) is 54.7 Å². The van der Waals surface area contributed by atoms with Crippen LogP contribution in [0.25, 0.3) is 22.3 Å². The summed E-state index contributed by atoms with van der Waals surface area (Å²) in [7, 11) is 1.69. The topological polar surface area (TPSA) is 60.4 Å². The Morgan fingerprint density at radius 1 is 1.03 bits per heavy atom. The molecule has 3 saturated heterocycles. The lowest BCUT2D eigenvalue weighted by Crippen LogP contribution is -2.55. The molecule has 0 spiro atoms. The van der Waals surface area contributed by atoms with Crippen LogP contribution in [0, 0.1) is 11.8 Å². The molecule has 6 heterocycles. The van der Waals surface area contributed by atoms with Crippen LogP contribution in [0.3, 0.4) is 0 Å². The summed E-state index contributed by atoms with van der Waals surface area (Å²) in [6, 6.07) is 20.1. The van der Waals surface area contributed by atoms with Crippen LogP contribution in [-0.2, 0) is 0 Å². The van der Waals surface area contributed by atoms with Crippen molar-refractivity contribution in [3.05, 3.63) is 91.3 Å². The minimum Gasteiger partial charge on any atom is -0.497 e. The van der Waals surface area contributed by atoms with Gasteiger partial charge in [-0.3, -0.25) is 14.9 Å². The number of benzene rings is 1. The van der Waals surface area contributed by atoms with E-state index in [4.69, 9.17) is 14.5 Å². The molecule has 3 aliphatic heterocycles. The van der Waals surface area contributed by atoms with Crippen LogP contribution in [-0.4, -0.2) is 46.1 Å². The second-order valence-corrected chi connectivity index (χ2v) is 9.64. The summed E-state index contributed by atoms with van der Waals surface area (Å²) >= 11 is 0. The van der Waals surface area contributed by atoms with Crippen molar-refractivity contribution in [3.63, 3.8) is 0 Å². The highest BCUT2D eigenvalue weighted by Gasteiger charge is 2.44. The highest BCUT2D eigenvalue weighted by atomic mass is 16.5. The summed E-state index contributed by atoms with van der Waals surface area (Å²) in [5.74, 6) is 2.57. The first kappa shape index (κ1) is 22.7. The maximum absolute atomic E-state index is 6.83. The lowest BCUT2D eigenvalue weighted by atomic mass is 9.73. The lowest BCUT2D eigenvalue weighted by molar-refractivity contribution is -0.0368. The first-order valence-corrected chi connectivity index (χ1v) is 12.6. The molecule has 5 atom stereocenters. The zero-order valence-electron chi connectivity index (χ0n) is 20.5. The Morgan fingerprint density at radius 2 is 1.94 bits per heavy atom. The fourth-order valence-corrected chi connectivity index (χ4v) is 5.83. The van der Waals surface area contributed by atoms with Crippen LogP contribution in [0.15, 0.2) is 85.7 Å². The molecule has 0 radical (unpaired) electrons. The van der Waals surface area contributed by atoms with Crippen LogP contribution >= 0.6 is 0 Å². The molecule has 3 aromatic heterocycles. The molecule has 7 rings (SSSR count). The number of methoxy groups -OCH3 is 1. The predicted octanol–water partition coefficient (Wildman–Crippen LogP) is 5.72. The molecule has 0 N–H and O–H groups in total. The average Bonchev–Trinajstić information content (AvgIpc) is 2.96. The van der Waals surface area contributed by atoms with Crippen LogP contribution < -0.4 is 9.47 Å². The van der Waals surface area contributed by atoms with E-state index in [1.165, 1.54) is 6.42 Å². The molecule has 0 aliphatic carbocycles. The number of ether oxygens (including phenoxy) is 2. The monoisotopic (exact) mass is 478 g/mol. The average molecular weight is 479 g/mol.